The van der Waals surface area contributed by atoms with Crippen molar-refractivity contribution < 1.29 is 23.1 Å². The van der Waals surface area contributed by atoms with Crippen molar-refractivity contribution in [3.8, 4) is 0 Å². The number of urea groups is 1. The van der Waals surface area contributed by atoms with Crippen LogP contribution < -0.4 is 10.6 Å². The van der Waals surface area contributed by atoms with Gasteiger partial charge >= 0.3 is 12.1 Å². The Hall–Kier alpha value is -3.20. The summed E-state index contributed by atoms with van der Waals surface area (Å²) < 4.78 is 31.6. The lowest BCUT2D eigenvalue weighted by Gasteiger charge is -2.21. The molecule has 0 bridgehead atoms. The van der Waals surface area contributed by atoms with Crippen LogP contribution in [0, 0.1) is 11.6 Å². The second-order valence-corrected chi connectivity index (χ2v) is 6.53. The highest BCUT2D eigenvalue weighted by Gasteiger charge is 2.12. The fourth-order valence-corrected chi connectivity index (χ4v) is 2.54. The van der Waals surface area contributed by atoms with Gasteiger partial charge in [0.15, 0.2) is 0 Å². The van der Waals surface area contributed by atoms with Crippen molar-refractivity contribution in [1.29, 1.82) is 0 Å². The van der Waals surface area contributed by atoms with Gasteiger partial charge in [0.05, 0.1) is 12.8 Å². The van der Waals surface area contributed by atoms with Gasteiger partial charge in [0.25, 0.3) is 0 Å². The highest BCUT2D eigenvalue weighted by atomic mass is 19.1. The van der Waals surface area contributed by atoms with Crippen LogP contribution in [0.5, 0.6) is 0 Å². The number of likely N-dealkylation sites (N-methyl/N-ethyl adjacent to an activating group) is 2. The summed E-state index contributed by atoms with van der Waals surface area (Å²) in [6, 6.07) is 9.04. The van der Waals surface area contributed by atoms with Gasteiger partial charge in [-0.25, -0.2) is 18.4 Å². The summed E-state index contributed by atoms with van der Waals surface area (Å²) in [6.45, 7) is 1.54. The Morgan fingerprint density at radius 2 is 1.69 bits per heavy atom. The second-order valence-electron chi connectivity index (χ2n) is 6.53. The number of amides is 3. The quantitative estimate of drug-likeness (QED) is 0.735. The molecule has 29 heavy (non-hydrogen) atoms. The number of hydrogen-bond donors (Lipinski definition) is 2. The predicted molar refractivity (Wildman–Crippen MR) is 107 cm³/mol. The minimum absolute atomic E-state index is 0.0298. The molecule has 0 fully saturated rings. The van der Waals surface area contributed by atoms with Gasteiger partial charge in [-0.05, 0) is 49.0 Å². The molecule has 2 aromatic rings. The molecule has 0 saturated heterocycles. The van der Waals surface area contributed by atoms with Crippen LogP contribution in [0.25, 0.3) is 0 Å². The zero-order valence-electron chi connectivity index (χ0n) is 16.5. The van der Waals surface area contributed by atoms with Crippen LogP contribution in [0.3, 0.4) is 0 Å². The number of rotatable bonds is 7. The van der Waals surface area contributed by atoms with Crippen molar-refractivity contribution in [2.24, 2.45) is 0 Å². The normalized spacial score (nSPS) is 10.6. The van der Waals surface area contributed by atoms with Crippen molar-refractivity contribution in [3.05, 3.63) is 59.7 Å². The van der Waals surface area contributed by atoms with Gasteiger partial charge in [-0.2, -0.15) is 0 Å². The van der Waals surface area contributed by atoms with E-state index in [-0.39, 0.29) is 5.69 Å². The highest BCUT2D eigenvalue weighted by molar-refractivity contribution is 5.99. The van der Waals surface area contributed by atoms with Gasteiger partial charge in [-0.1, -0.05) is 6.07 Å². The van der Waals surface area contributed by atoms with E-state index in [4.69, 9.17) is 0 Å². The van der Waals surface area contributed by atoms with Gasteiger partial charge in [0.1, 0.15) is 11.6 Å². The molecule has 0 aliphatic heterocycles. The Morgan fingerprint density at radius 1 is 1.00 bits per heavy atom. The van der Waals surface area contributed by atoms with Crippen LogP contribution in [-0.4, -0.2) is 56.2 Å². The topological polar surface area (TPSA) is 73.9 Å². The predicted octanol–water partition coefficient (Wildman–Crippen LogP) is 3.74. The third kappa shape index (κ3) is 7.04. The maximum absolute atomic E-state index is 14.1. The summed E-state index contributed by atoms with van der Waals surface area (Å²) in [5.74, 6) is -0.993. The van der Waals surface area contributed by atoms with Gasteiger partial charge in [0, 0.05) is 32.4 Å². The molecule has 0 atom stereocenters. The first-order valence-electron chi connectivity index (χ1n) is 8.88. The Balaban J connectivity index is 1.93. The Labute approximate surface area is 168 Å². The largest absolute Gasteiger partial charge is 0.453 e. The van der Waals surface area contributed by atoms with Crippen LogP contribution >= 0.6 is 0 Å². The van der Waals surface area contributed by atoms with Gasteiger partial charge in [0.2, 0.25) is 0 Å². The summed E-state index contributed by atoms with van der Waals surface area (Å²) >= 11 is 0. The molecule has 3 amide bonds. The molecule has 156 valence electrons. The number of nitrogens with one attached hydrogen (secondary N) is 2. The fraction of sp³-hybridized carbons (Fsp3) is 0.300. The molecule has 0 saturated carbocycles. The first-order valence-corrected chi connectivity index (χ1v) is 8.88. The molecule has 2 rings (SSSR count). The molecular formula is C20H24F2N4O3. The van der Waals surface area contributed by atoms with E-state index >= 15 is 0 Å². The maximum atomic E-state index is 14.1. The van der Waals surface area contributed by atoms with Gasteiger partial charge in [-0.15, -0.1) is 0 Å². The second kappa shape index (κ2) is 10.4. The minimum atomic E-state index is -0.638. The first kappa shape index (κ1) is 22.1. The van der Waals surface area contributed by atoms with Crippen LogP contribution in [0.15, 0.2) is 42.5 Å². The molecule has 0 unspecified atom stereocenters. The van der Waals surface area contributed by atoms with Crippen LogP contribution in [0.1, 0.15) is 5.56 Å². The van der Waals surface area contributed by atoms with E-state index in [1.54, 1.807) is 19.2 Å². The van der Waals surface area contributed by atoms with Crippen molar-refractivity contribution in [2.75, 3.05) is 44.9 Å². The SMILES string of the molecule is COC(=O)N(C)CCN(C)Cc1ccc(F)c(NC(=O)Nc2ccc(F)cc2)c1. The summed E-state index contributed by atoms with van der Waals surface area (Å²) in [6.07, 6.45) is -0.418. The Bertz CT molecular complexity index is 846. The number of nitrogens with zero attached hydrogens (tertiary/aromatic N) is 2. The van der Waals surface area contributed by atoms with E-state index in [2.05, 4.69) is 15.4 Å². The van der Waals surface area contributed by atoms with Crippen molar-refractivity contribution >= 4 is 23.5 Å². The molecule has 0 aliphatic rings. The number of carbonyl (C=O) groups is 2. The maximum Gasteiger partial charge on any atom is 0.409 e. The molecule has 2 N–H and O–H groups in total. The molecule has 0 spiro atoms. The van der Waals surface area contributed by atoms with E-state index in [1.165, 1.54) is 42.3 Å². The smallest absolute Gasteiger partial charge is 0.409 e. The third-order valence-electron chi connectivity index (χ3n) is 4.14. The van der Waals surface area contributed by atoms with Crippen LogP contribution in [0.2, 0.25) is 0 Å². The molecule has 0 aliphatic carbocycles. The monoisotopic (exact) mass is 406 g/mol. The molecule has 0 heterocycles. The van der Waals surface area contributed by atoms with E-state index in [0.29, 0.717) is 25.3 Å². The lowest BCUT2D eigenvalue weighted by atomic mass is 10.2. The summed E-state index contributed by atoms with van der Waals surface area (Å²) in [7, 11) is 4.82. The average Bonchev–Trinajstić information content (AvgIpc) is 2.69. The van der Waals surface area contributed by atoms with Crippen LogP contribution in [0.4, 0.5) is 29.7 Å². The number of carbonyl (C=O) groups excluding carboxylic acids is 2. The van der Waals surface area contributed by atoms with E-state index in [1.807, 2.05) is 11.9 Å². The van der Waals surface area contributed by atoms with Crippen LogP contribution in [-0.2, 0) is 11.3 Å². The number of anilines is 2. The number of halogens is 2. The molecule has 7 nitrogen and oxygen atoms in total. The van der Waals surface area contributed by atoms with Gasteiger partial charge in [-0.3, -0.25) is 0 Å². The fourth-order valence-electron chi connectivity index (χ4n) is 2.54. The summed E-state index contributed by atoms with van der Waals surface area (Å²) in [5, 5.41) is 4.96. The molecule has 2 aromatic carbocycles. The van der Waals surface area contributed by atoms with Crippen molar-refractivity contribution in [3.63, 3.8) is 0 Å². The molecule has 0 radical (unpaired) electrons. The Morgan fingerprint density at radius 3 is 2.34 bits per heavy atom. The molecule has 9 heteroatoms. The zero-order chi connectivity index (χ0) is 21.4. The summed E-state index contributed by atoms with van der Waals surface area (Å²) in [4.78, 5) is 26.9. The zero-order valence-corrected chi connectivity index (χ0v) is 16.5. The molecule has 0 aromatic heterocycles. The van der Waals surface area contributed by atoms with Crippen molar-refractivity contribution in [2.45, 2.75) is 6.54 Å². The van der Waals surface area contributed by atoms with E-state index < -0.39 is 23.8 Å². The van der Waals surface area contributed by atoms with Gasteiger partial charge < -0.3 is 25.2 Å². The molecular weight excluding hydrogens is 382 g/mol. The van der Waals surface area contributed by atoms with E-state index in [9.17, 15) is 18.4 Å². The average molecular weight is 406 g/mol. The lowest BCUT2D eigenvalue weighted by Crippen LogP contribution is -2.34. The third-order valence-corrected chi connectivity index (χ3v) is 4.14. The summed E-state index contributed by atoms with van der Waals surface area (Å²) in [5.41, 5.74) is 1.20. The highest BCUT2D eigenvalue weighted by Crippen LogP contribution is 2.18. The van der Waals surface area contributed by atoms with E-state index in [0.717, 1.165) is 5.56 Å². The number of methoxy groups -OCH3 is 1. The standard InChI is InChI=1S/C20H24F2N4O3/c1-25(10-11-26(2)20(28)29-3)13-14-4-9-17(22)18(12-14)24-19(27)23-16-7-5-15(21)6-8-16/h4-9,12H,10-11,13H2,1-3H3,(H2,23,24,27). The Kier molecular flexibility index (Phi) is 7.90. The first-order chi connectivity index (χ1) is 13.8. The number of benzene rings is 2. The number of ether oxygens (including phenoxy) is 1. The van der Waals surface area contributed by atoms with Crippen molar-refractivity contribution in [1.82, 2.24) is 9.80 Å². The lowest BCUT2D eigenvalue weighted by molar-refractivity contribution is 0.128. The number of hydrogen-bond acceptors (Lipinski definition) is 4. The minimum Gasteiger partial charge on any atom is -0.453 e.